The molecule has 2 amide bonds. The van der Waals surface area contributed by atoms with E-state index < -0.39 is 29.2 Å². The molecule has 3 rings (SSSR count). The summed E-state index contributed by atoms with van der Waals surface area (Å²) in [6.07, 6.45) is 0. The fourth-order valence-electron chi connectivity index (χ4n) is 2.82. The highest BCUT2D eigenvalue weighted by Crippen LogP contribution is 2.40. The SMILES string of the molecule is CON=C(C(=O)NC1C(=O)N2C(C(=O)O)=C(CN=[N+]=[N-])CS[C@H]12)c1csc(N)n1. The number of carboxylic acids is 1. The van der Waals surface area contributed by atoms with Gasteiger partial charge in [-0.2, -0.15) is 0 Å². The summed E-state index contributed by atoms with van der Waals surface area (Å²) in [5.41, 5.74) is 14.2. The van der Waals surface area contributed by atoms with Crippen molar-refractivity contribution in [2.75, 3.05) is 25.1 Å². The number of aromatic nitrogens is 1. The average molecular weight is 438 g/mol. The van der Waals surface area contributed by atoms with E-state index in [0.29, 0.717) is 5.57 Å². The van der Waals surface area contributed by atoms with Gasteiger partial charge in [-0.15, -0.1) is 23.1 Å². The number of thioether (sulfide) groups is 1. The molecule has 2 aliphatic rings. The minimum Gasteiger partial charge on any atom is -0.477 e. The lowest BCUT2D eigenvalue weighted by molar-refractivity contribution is -0.150. The molecule has 1 aromatic heterocycles. The van der Waals surface area contributed by atoms with Crippen molar-refractivity contribution in [3.63, 3.8) is 0 Å². The number of β-lactam (4-membered cyclic amide) rings is 1. The monoisotopic (exact) mass is 438 g/mol. The standard InChI is InChI=1S/C14H14N8O5S2/c1-27-20-7(6-4-29-14(15)18-6)10(23)19-8-11(24)22-9(13(25)26)5(2-17-21-16)3-28-12(8)22/h4,8,12H,2-3H2,1H3,(H2,15,18)(H,19,23)(H,25,26)/t8?,12-/m1/s1. The highest BCUT2D eigenvalue weighted by atomic mass is 32.2. The number of rotatable bonds is 7. The van der Waals surface area contributed by atoms with Gasteiger partial charge in [0.1, 0.15) is 29.9 Å². The lowest BCUT2D eigenvalue weighted by atomic mass is 10.0. The molecule has 1 aromatic rings. The van der Waals surface area contributed by atoms with Gasteiger partial charge < -0.3 is 21.0 Å². The number of nitrogens with one attached hydrogen (secondary N) is 1. The Hall–Kier alpha value is -3.29. The number of nitrogen functional groups attached to an aromatic ring is 1. The molecule has 0 saturated carbocycles. The van der Waals surface area contributed by atoms with E-state index in [9.17, 15) is 19.5 Å². The Labute approximate surface area is 171 Å². The van der Waals surface area contributed by atoms with E-state index >= 15 is 0 Å². The molecule has 0 spiro atoms. The molecule has 0 bridgehead atoms. The smallest absolute Gasteiger partial charge is 0.352 e. The Morgan fingerprint density at radius 3 is 2.93 bits per heavy atom. The summed E-state index contributed by atoms with van der Waals surface area (Å²) in [5.74, 6) is -2.38. The second-order valence-corrected chi connectivity index (χ2v) is 7.70. The van der Waals surface area contributed by atoms with Crippen LogP contribution in [-0.2, 0) is 19.2 Å². The third kappa shape index (κ3) is 3.83. The average Bonchev–Trinajstić information content (AvgIpc) is 3.13. The van der Waals surface area contributed by atoms with Gasteiger partial charge in [0.15, 0.2) is 10.8 Å². The summed E-state index contributed by atoms with van der Waals surface area (Å²) in [6.45, 7) is -0.158. The summed E-state index contributed by atoms with van der Waals surface area (Å²) < 4.78 is 0. The number of hydrogen-bond acceptors (Lipinski definition) is 10. The molecule has 1 unspecified atom stereocenters. The first kappa shape index (κ1) is 20.4. The molecule has 152 valence electrons. The third-order valence-electron chi connectivity index (χ3n) is 4.02. The first-order chi connectivity index (χ1) is 13.9. The van der Waals surface area contributed by atoms with Crippen LogP contribution < -0.4 is 11.1 Å². The number of azide groups is 1. The first-order valence-electron chi connectivity index (χ1n) is 7.93. The van der Waals surface area contributed by atoms with Gasteiger partial charge in [-0.1, -0.05) is 10.3 Å². The number of carbonyl (C=O) groups is 3. The second-order valence-electron chi connectivity index (χ2n) is 5.70. The highest BCUT2D eigenvalue weighted by Gasteiger charge is 2.54. The quantitative estimate of drug-likeness (QED) is 0.133. The molecule has 0 aromatic carbocycles. The molecule has 1 saturated heterocycles. The molecular formula is C14H14N8O5S2. The summed E-state index contributed by atoms with van der Waals surface area (Å²) in [6, 6.07) is -0.957. The Morgan fingerprint density at radius 2 is 2.34 bits per heavy atom. The molecule has 2 aliphatic heterocycles. The van der Waals surface area contributed by atoms with Crippen molar-refractivity contribution in [1.82, 2.24) is 15.2 Å². The molecule has 4 N–H and O–H groups in total. The topological polar surface area (TPSA) is 196 Å². The minimum absolute atomic E-state index is 0.158. The molecule has 1 fully saturated rings. The molecule has 13 nitrogen and oxygen atoms in total. The number of thiazole rings is 1. The van der Waals surface area contributed by atoms with Crippen molar-refractivity contribution in [3.8, 4) is 0 Å². The number of hydrogen-bond donors (Lipinski definition) is 3. The van der Waals surface area contributed by atoms with Crippen LogP contribution in [-0.4, -0.2) is 69.3 Å². The molecular weight excluding hydrogens is 424 g/mol. The fourth-order valence-corrected chi connectivity index (χ4v) is 4.71. The Morgan fingerprint density at radius 1 is 1.59 bits per heavy atom. The Kier molecular flexibility index (Phi) is 5.91. The van der Waals surface area contributed by atoms with Crippen molar-refractivity contribution in [2.24, 2.45) is 10.3 Å². The van der Waals surface area contributed by atoms with Gasteiger partial charge in [0.05, 0.1) is 6.54 Å². The number of fused-ring (bicyclic) bond motifs is 1. The first-order valence-corrected chi connectivity index (χ1v) is 9.86. The van der Waals surface area contributed by atoms with E-state index in [4.69, 9.17) is 11.3 Å². The van der Waals surface area contributed by atoms with Crippen LogP contribution in [0.5, 0.6) is 0 Å². The van der Waals surface area contributed by atoms with Crippen molar-refractivity contribution >= 4 is 51.7 Å². The molecule has 0 aliphatic carbocycles. The largest absolute Gasteiger partial charge is 0.477 e. The van der Waals surface area contributed by atoms with Gasteiger partial charge in [-0.25, -0.2) is 9.78 Å². The van der Waals surface area contributed by atoms with E-state index in [-0.39, 0.29) is 34.5 Å². The normalized spacial score (nSPS) is 21.1. The summed E-state index contributed by atoms with van der Waals surface area (Å²) in [7, 11) is 1.26. The van der Waals surface area contributed by atoms with Crippen LogP contribution in [0.3, 0.4) is 0 Å². The highest BCUT2D eigenvalue weighted by molar-refractivity contribution is 8.00. The summed E-state index contributed by atoms with van der Waals surface area (Å²) in [5, 5.41) is 20.2. The summed E-state index contributed by atoms with van der Waals surface area (Å²) in [4.78, 5) is 49.2. The minimum atomic E-state index is -1.31. The lowest BCUT2D eigenvalue weighted by Gasteiger charge is -2.49. The van der Waals surface area contributed by atoms with Crippen molar-refractivity contribution in [3.05, 3.63) is 32.8 Å². The number of nitrogens with two attached hydrogens (primary N) is 1. The van der Waals surface area contributed by atoms with Crippen molar-refractivity contribution < 1.29 is 24.3 Å². The van der Waals surface area contributed by atoms with Gasteiger partial charge in [0, 0.05) is 16.0 Å². The van der Waals surface area contributed by atoms with E-state index in [0.717, 1.165) is 16.2 Å². The van der Waals surface area contributed by atoms with Crippen LogP contribution >= 0.6 is 23.1 Å². The fraction of sp³-hybridized carbons (Fsp3) is 0.357. The number of carbonyl (C=O) groups excluding carboxylic acids is 2. The maximum absolute atomic E-state index is 12.6. The summed E-state index contributed by atoms with van der Waals surface area (Å²) >= 11 is 2.36. The molecule has 2 atom stereocenters. The van der Waals surface area contributed by atoms with Crippen molar-refractivity contribution in [2.45, 2.75) is 11.4 Å². The maximum Gasteiger partial charge on any atom is 0.352 e. The van der Waals surface area contributed by atoms with Gasteiger partial charge in [0.2, 0.25) is 0 Å². The predicted octanol–water partition coefficient (Wildman–Crippen LogP) is 0.125. The van der Waals surface area contributed by atoms with E-state index in [1.807, 2.05) is 0 Å². The number of aliphatic carboxylic acids is 1. The number of oxime groups is 1. The van der Waals surface area contributed by atoms with Crippen molar-refractivity contribution in [1.29, 1.82) is 0 Å². The number of anilines is 1. The van der Waals surface area contributed by atoms with E-state index in [1.54, 1.807) is 0 Å². The Balaban J connectivity index is 1.79. The van der Waals surface area contributed by atoms with Gasteiger partial charge in [0.25, 0.3) is 11.8 Å². The zero-order valence-electron chi connectivity index (χ0n) is 14.8. The Bertz CT molecular complexity index is 982. The predicted molar refractivity (Wildman–Crippen MR) is 104 cm³/mol. The number of amides is 2. The molecule has 29 heavy (non-hydrogen) atoms. The van der Waals surface area contributed by atoms with Crippen LogP contribution in [0.2, 0.25) is 0 Å². The van der Waals surface area contributed by atoms with Crippen LogP contribution in [0.4, 0.5) is 5.13 Å². The van der Waals surface area contributed by atoms with Crippen LogP contribution in [0.1, 0.15) is 5.69 Å². The molecule has 0 radical (unpaired) electrons. The number of carboxylic acid groups (broad SMARTS) is 1. The molecule has 15 heteroatoms. The number of nitrogens with zero attached hydrogens (tertiary/aromatic N) is 6. The van der Waals surface area contributed by atoms with Gasteiger partial charge in [-0.3, -0.25) is 14.5 Å². The maximum atomic E-state index is 12.6. The van der Waals surface area contributed by atoms with Crippen LogP contribution in [0.15, 0.2) is 26.9 Å². The zero-order chi connectivity index (χ0) is 21.1. The third-order valence-corrected chi connectivity index (χ3v) is 6.04. The van der Waals surface area contributed by atoms with Gasteiger partial charge in [-0.05, 0) is 11.1 Å². The lowest BCUT2D eigenvalue weighted by Crippen LogP contribution is -2.71. The van der Waals surface area contributed by atoms with Crippen LogP contribution in [0.25, 0.3) is 10.4 Å². The van der Waals surface area contributed by atoms with E-state index in [1.165, 1.54) is 24.3 Å². The van der Waals surface area contributed by atoms with E-state index in [2.05, 4.69) is 30.3 Å². The molecule has 3 heterocycles. The second kappa shape index (κ2) is 8.38. The van der Waals surface area contributed by atoms with Crippen LogP contribution in [0, 0.1) is 0 Å². The zero-order valence-corrected chi connectivity index (χ0v) is 16.4. The van der Waals surface area contributed by atoms with Gasteiger partial charge >= 0.3 is 5.97 Å².